The first kappa shape index (κ1) is 26.8. The summed E-state index contributed by atoms with van der Waals surface area (Å²) in [5, 5.41) is 8.83. The third-order valence-electron chi connectivity index (χ3n) is 4.17. The van der Waals surface area contributed by atoms with Gasteiger partial charge < -0.3 is 0 Å². The van der Waals surface area contributed by atoms with Gasteiger partial charge in [-0.15, -0.1) is 0 Å². The molecule has 0 spiro atoms. The molecule has 0 heterocycles. The Balaban J connectivity index is 3.95. The maximum atomic E-state index is 11.5. The van der Waals surface area contributed by atoms with Crippen LogP contribution in [0.2, 0.25) is 0 Å². The highest BCUT2D eigenvalue weighted by Crippen LogP contribution is 2.20. The molecular weight excluding hydrogens is 368 g/mol. The number of hydrogen-bond acceptors (Lipinski definition) is 8. The Morgan fingerprint density at radius 1 is 0.607 bits per heavy atom. The van der Waals surface area contributed by atoms with Gasteiger partial charge in [-0.05, 0) is 50.6 Å². The highest BCUT2D eigenvalue weighted by atomic mass is 17.5. The molecule has 0 radical (unpaired) electrons. The van der Waals surface area contributed by atoms with Gasteiger partial charge in [0.1, 0.15) is 11.2 Å². The van der Waals surface area contributed by atoms with Gasteiger partial charge in [0, 0.05) is 0 Å². The van der Waals surface area contributed by atoms with Crippen molar-refractivity contribution in [3.05, 3.63) is 0 Å². The number of carbonyl (C=O) groups is 2. The van der Waals surface area contributed by atoms with Crippen LogP contribution in [0.3, 0.4) is 0 Å². The van der Waals surface area contributed by atoms with E-state index in [9.17, 15) is 9.59 Å². The molecule has 0 rings (SSSR count). The fraction of sp³-hybridized carbons (Fsp3) is 0.900. The second-order valence-electron chi connectivity index (χ2n) is 8.19. The highest BCUT2D eigenvalue weighted by molar-refractivity contribution is 6.29. The van der Waals surface area contributed by atoms with Crippen molar-refractivity contribution >= 4 is 11.9 Å². The molecule has 0 aliphatic heterocycles. The molecule has 0 bridgehead atoms. The summed E-state index contributed by atoms with van der Waals surface area (Å²) in [5.41, 5.74) is -1.31. The average molecular weight is 407 g/mol. The Bertz CT molecular complexity index is 394. The highest BCUT2D eigenvalue weighted by Gasteiger charge is 2.26. The summed E-state index contributed by atoms with van der Waals surface area (Å²) in [7, 11) is 0. The molecule has 166 valence electrons. The van der Waals surface area contributed by atoms with Crippen LogP contribution in [0.4, 0.5) is 0 Å². The maximum absolute atomic E-state index is 11.5. The van der Waals surface area contributed by atoms with E-state index in [1.54, 1.807) is 27.7 Å². The van der Waals surface area contributed by atoms with Crippen LogP contribution in [0.1, 0.15) is 106 Å². The topological polar surface area (TPSA) is 89.5 Å². The zero-order valence-electron chi connectivity index (χ0n) is 18.3. The molecule has 0 N–H and O–H groups in total. The summed E-state index contributed by atoms with van der Waals surface area (Å²) in [4.78, 5) is 41.6. The lowest BCUT2D eigenvalue weighted by molar-refractivity contribution is -0.526. The van der Waals surface area contributed by atoms with E-state index in [4.69, 9.17) is 9.78 Å². The van der Waals surface area contributed by atoms with Gasteiger partial charge in [0.05, 0.1) is 0 Å². The van der Waals surface area contributed by atoms with Gasteiger partial charge in [-0.2, -0.15) is 9.78 Å². The second-order valence-corrected chi connectivity index (χ2v) is 8.19. The summed E-state index contributed by atoms with van der Waals surface area (Å²) in [5.74, 6) is -2.82. The monoisotopic (exact) mass is 406 g/mol. The van der Waals surface area contributed by atoms with Gasteiger partial charge in [-0.3, -0.25) is 9.78 Å². The molecule has 8 nitrogen and oxygen atoms in total. The van der Waals surface area contributed by atoms with E-state index < -0.39 is 23.1 Å². The quantitative estimate of drug-likeness (QED) is 0.148. The van der Waals surface area contributed by atoms with E-state index in [-0.39, 0.29) is 0 Å². The van der Waals surface area contributed by atoms with Crippen molar-refractivity contribution in [2.24, 2.45) is 0 Å². The lowest BCUT2D eigenvalue weighted by atomic mass is 10.0. The van der Waals surface area contributed by atoms with E-state index in [2.05, 4.69) is 33.7 Å². The smallest absolute Gasteiger partial charge is 0.255 e. The van der Waals surface area contributed by atoms with Gasteiger partial charge in [-0.25, -0.2) is 9.59 Å². The Morgan fingerprint density at radius 3 is 1.29 bits per heavy atom. The fourth-order valence-electron chi connectivity index (χ4n) is 2.39. The van der Waals surface area contributed by atoms with Crippen molar-refractivity contribution in [1.29, 1.82) is 0 Å². The number of unbranched alkanes of at least 4 members (excludes halogenated alkanes) is 6. The van der Waals surface area contributed by atoms with E-state index in [0.717, 1.165) is 64.2 Å². The third kappa shape index (κ3) is 14.8. The molecule has 0 aromatic carbocycles. The first-order valence-corrected chi connectivity index (χ1v) is 10.3. The van der Waals surface area contributed by atoms with Crippen molar-refractivity contribution in [1.82, 2.24) is 0 Å². The normalized spacial score (nSPS) is 12.1. The predicted octanol–water partition coefficient (Wildman–Crippen LogP) is 5.30. The Hall–Kier alpha value is -1.22. The lowest BCUT2D eigenvalue weighted by Crippen LogP contribution is -2.29. The molecule has 0 amide bonds. The summed E-state index contributed by atoms with van der Waals surface area (Å²) in [6.07, 6.45) is 10.1. The van der Waals surface area contributed by atoms with Crippen molar-refractivity contribution < 1.29 is 39.2 Å². The van der Waals surface area contributed by atoms with Crippen LogP contribution in [0.25, 0.3) is 0 Å². The van der Waals surface area contributed by atoms with Gasteiger partial charge in [0.2, 0.25) is 0 Å². The minimum atomic E-state index is -1.41. The first-order chi connectivity index (χ1) is 13.1. The fourth-order valence-corrected chi connectivity index (χ4v) is 2.39. The van der Waals surface area contributed by atoms with Crippen LogP contribution < -0.4 is 0 Å². The van der Waals surface area contributed by atoms with E-state index >= 15 is 0 Å². The molecule has 0 unspecified atom stereocenters. The third-order valence-corrected chi connectivity index (χ3v) is 4.17. The molecule has 0 atom stereocenters. The van der Waals surface area contributed by atoms with Crippen molar-refractivity contribution in [2.75, 3.05) is 0 Å². The molecule has 0 fully saturated rings. The van der Waals surface area contributed by atoms with Crippen molar-refractivity contribution in [3.63, 3.8) is 0 Å². The SMILES string of the molecule is CCCCCCC(C)(C)OOOC(=O)C(=O)OOOC(C)(C)CCCCCC. The summed E-state index contributed by atoms with van der Waals surface area (Å²) in [6, 6.07) is 0. The molecule has 28 heavy (non-hydrogen) atoms. The van der Waals surface area contributed by atoms with Gasteiger partial charge in [0.25, 0.3) is 0 Å². The molecule has 0 aromatic rings. The molecule has 0 aliphatic rings. The van der Waals surface area contributed by atoms with Crippen molar-refractivity contribution in [3.8, 4) is 0 Å². The van der Waals surface area contributed by atoms with E-state index in [1.807, 2.05) is 0 Å². The van der Waals surface area contributed by atoms with E-state index in [1.165, 1.54) is 0 Å². The zero-order chi connectivity index (χ0) is 21.5. The average Bonchev–Trinajstić information content (AvgIpc) is 2.62. The molecule has 0 saturated heterocycles. The minimum Gasteiger partial charge on any atom is -0.255 e. The maximum Gasteiger partial charge on any atom is 0.456 e. The molecule has 8 heteroatoms. The summed E-state index contributed by atoms with van der Waals surface area (Å²) < 4.78 is 0. The molecular formula is C20H38O8. The number of hydrogen-bond donors (Lipinski definition) is 0. The van der Waals surface area contributed by atoms with Gasteiger partial charge in [-0.1, -0.05) is 65.2 Å². The van der Waals surface area contributed by atoms with Gasteiger partial charge in [0.15, 0.2) is 0 Å². The molecule has 0 saturated carbocycles. The van der Waals surface area contributed by atoms with Crippen molar-refractivity contribution in [2.45, 2.75) is 117 Å². The summed E-state index contributed by atoms with van der Waals surface area (Å²) in [6.45, 7) is 11.4. The Kier molecular flexibility index (Phi) is 14.1. The van der Waals surface area contributed by atoms with Crippen LogP contribution in [0.5, 0.6) is 0 Å². The van der Waals surface area contributed by atoms with E-state index in [0.29, 0.717) is 0 Å². The van der Waals surface area contributed by atoms with Crippen LogP contribution in [-0.2, 0) is 39.2 Å². The standard InChI is InChI=1S/C20H38O8/c1-7-9-11-13-15-19(3,4)25-27-23-17(21)18(22)24-28-26-20(5,6)16-14-12-10-8-2/h7-16H2,1-6H3. The van der Waals surface area contributed by atoms with Crippen LogP contribution in [0.15, 0.2) is 0 Å². The lowest BCUT2D eigenvalue weighted by Gasteiger charge is -2.22. The zero-order valence-corrected chi connectivity index (χ0v) is 18.3. The largest absolute Gasteiger partial charge is 0.456 e. The number of rotatable bonds is 16. The first-order valence-electron chi connectivity index (χ1n) is 10.3. The van der Waals surface area contributed by atoms with Crippen LogP contribution in [-0.4, -0.2) is 23.1 Å². The van der Waals surface area contributed by atoms with Gasteiger partial charge >= 0.3 is 11.9 Å². The number of carbonyl (C=O) groups excluding carboxylic acids is 2. The molecule has 0 aliphatic carbocycles. The second kappa shape index (κ2) is 14.7. The van der Waals surface area contributed by atoms with Crippen LogP contribution >= 0.6 is 0 Å². The molecule has 0 aromatic heterocycles. The van der Waals surface area contributed by atoms with Crippen LogP contribution in [0, 0.1) is 0 Å². The summed E-state index contributed by atoms with van der Waals surface area (Å²) >= 11 is 0. The minimum absolute atomic E-state index is 0.653. The predicted molar refractivity (Wildman–Crippen MR) is 102 cm³/mol. The Labute approximate surface area is 168 Å². The Morgan fingerprint density at radius 2 is 0.964 bits per heavy atom.